The van der Waals surface area contributed by atoms with Gasteiger partial charge in [0.15, 0.2) is 17.0 Å². The van der Waals surface area contributed by atoms with Crippen molar-refractivity contribution in [1.29, 1.82) is 0 Å². The molecular weight excluding hydrogens is 508 g/mol. The lowest BCUT2D eigenvalue weighted by Gasteiger charge is -2.61. The predicted molar refractivity (Wildman–Crippen MR) is 132 cm³/mol. The van der Waals surface area contributed by atoms with Crippen LogP contribution in [0.4, 0.5) is 0 Å². The Bertz CT molecular complexity index is 1280. The molecule has 1 aromatic carbocycles. The number of ketones is 1. The summed E-state index contributed by atoms with van der Waals surface area (Å²) in [5, 5.41) is 34.5. The molecule has 3 unspecified atom stereocenters. The molecule has 0 amide bonds. The van der Waals surface area contributed by atoms with Gasteiger partial charge in [0.2, 0.25) is 0 Å². The molecule has 39 heavy (non-hydrogen) atoms. The van der Waals surface area contributed by atoms with E-state index in [4.69, 9.17) is 23.7 Å². The number of rotatable bonds is 4. The highest BCUT2D eigenvalue weighted by molar-refractivity contribution is 5.93. The summed E-state index contributed by atoms with van der Waals surface area (Å²) in [5.41, 5.74) is -5.63. The minimum Gasteiger partial charge on any atom is -0.459 e. The van der Waals surface area contributed by atoms with Gasteiger partial charge >= 0.3 is 11.9 Å². The normalized spacial score (nSPS) is 54.4. The van der Waals surface area contributed by atoms with Gasteiger partial charge < -0.3 is 39.0 Å². The Morgan fingerprint density at radius 3 is 2.44 bits per heavy atom. The number of hydrogen-bond donors (Lipinski definition) is 3. The van der Waals surface area contributed by atoms with Crippen molar-refractivity contribution in [2.45, 2.75) is 86.9 Å². The number of Topliss-reactive ketones (excluding diaryl/α,β-unsaturated/α-hetero) is 1. The number of ether oxygens (including phenoxy) is 5. The van der Waals surface area contributed by atoms with E-state index in [1.54, 1.807) is 26.0 Å². The summed E-state index contributed by atoms with van der Waals surface area (Å²) in [5.74, 6) is -5.81. The number of fused-ring (bicyclic) bond motifs is 3. The first kappa shape index (κ1) is 25.8. The monoisotopic (exact) mass is 542 g/mol. The van der Waals surface area contributed by atoms with Gasteiger partial charge in [0, 0.05) is 36.2 Å². The second-order valence-corrected chi connectivity index (χ2v) is 12.4. The largest absolute Gasteiger partial charge is 0.459 e. The molecular formula is C29H34O10. The Hall–Kier alpha value is -2.18. The molecule has 3 N–H and O–H groups in total. The third-order valence-corrected chi connectivity index (χ3v) is 10.6. The van der Waals surface area contributed by atoms with Crippen LogP contribution in [0.1, 0.15) is 39.7 Å². The summed E-state index contributed by atoms with van der Waals surface area (Å²) in [6.07, 6.45) is -4.18. The first-order chi connectivity index (χ1) is 18.4. The van der Waals surface area contributed by atoms with Gasteiger partial charge in [-0.1, -0.05) is 50.8 Å². The number of esters is 1. The molecule has 3 saturated heterocycles. The zero-order chi connectivity index (χ0) is 27.9. The number of carbonyl (C=O) groups is 2. The van der Waals surface area contributed by atoms with Crippen molar-refractivity contribution in [1.82, 2.24) is 0 Å². The summed E-state index contributed by atoms with van der Waals surface area (Å²) in [6.45, 7) is 10.2. The average Bonchev–Trinajstić information content (AvgIpc) is 3.53. The third kappa shape index (κ3) is 2.63. The molecule has 3 heterocycles. The molecule has 3 aliphatic heterocycles. The molecule has 13 atom stereocenters. The molecule has 0 aromatic heterocycles. The summed E-state index contributed by atoms with van der Waals surface area (Å²) in [4.78, 5) is 26.2. The highest BCUT2D eigenvalue weighted by Gasteiger charge is 2.91. The van der Waals surface area contributed by atoms with Crippen LogP contribution in [0.3, 0.4) is 0 Å². The van der Waals surface area contributed by atoms with Crippen LogP contribution in [0, 0.1) is 23.7 Å². The van der Waals surface area contributed by atoms with E-state index in [1.807, 2.05) is 25.1 Å². The maximum atomic E-state index is 13.7. The SMILES string of the molecule is C=C(C)[C@@]12OC3(c4ccccc4)O[C@@H]1C1[C@@H]4O[C@]4(CO)[C@@H](O)[C@]4(O)C(=O)[C@@H](C)CC4[C@@]1(O3)[C@H](C)[C@H]2OC(C)=O. The van der Waals surface area contributed by atoms with Crippen molar-refractivity contribution in [2.75, 3.05) is 6.61 Å². The van der Waals surface area contributed by atoms with Crippen molar-refractivity contribution < 1.29 is 48.6 Å². The molecule has 10 nitrogen and oxygen atoms in total. The van der Waals surface area contributed by atoms with Crippen LogP contribution in [0.25, 0.3) is 0 Å². The fourth-order valence-electron chi connectivity index (χ4n) is 8.94. The molecule has 6 aliphatic rings. The van der Waals surface area contributed by atoms with Gasteiger partial charge in [-0.3, -0.25) is 9.59 Å². The van der Waals surface area contributed by atoms with Gasteiger partial charge in [-0.05, 0) is 18.9 Å². The molecule has 3 aliphatic carbocycles. The van der Waals surface area contributed by atoms with E-state index in [0.717, 1.165) is 0 Å². The molecule has 1 aromatic rings. The van der Waals surface area contributed by atoms with E-state index < -0.39 is 94.8 Å². The van der Waals surface area contributed by atoms with E-state index >= 15 is 0 Å². The molecule has 0 spiro atoms. The Labute approximate surface area is 225 Å². The topological polar surface area (TPSA) is 144 Å². The maximum Gasteiger partial charge on any atom is 0.314 e. The molecule has 3 bridgehead atoms. The van der Waals surface area contributed by atoms with E-state index in [2.05, 4.69) is 6.58 Å². The van der Waals surface area contributed by atoms with Gasteiger partial charge in [0.25, 0.3) is 0 Å². The number of aliphatic hydroxyl groups excluding tert-OH is 2. The van der Waals surface area contributed by atoms with Crippen LogP contribution in [0.5, 0.6) is 0 Å². The number of aliphatic hydroxyl groups is 3. The standard InChI is InChI=1S/C29H34O10/c1-13(2)27-21(35-16(5)31)15(4)28-18-11-14(3)20(32)26(18,34)24(33)25(12-30)22(36-25)19(28)23(27)37-29(38-27,39-28)17-9-7-6-8-10-17/h6-10,14-15,18-19,21-24,30,33-34H,1,11-12H2,2-5H3/t14-,15+,18?,19?,21+,22-,23+,24+,25-,26+,27-,28-,29?/m0/s1. The van der Waals surface area contributed by atoms with Crippen LogP contribution >= 0.6 is 0 Å². The van der Waals surface area contributed by atoms with Crippen LogP contribution in [0.2, 0.25) is 0 Å². The molecule has 0 radical (unpaired) electrons. The van der Waals surface area contributed by atoms with Gasteiger partial charge in [-0.2, -0.15) is 0 Å². The van der Waals surface area contributed by atoms with Crippen LogP contribution in [-0.2, 0) is 39.2 Å². The minimum absolute atomic E-state index is 0.200. The number of benzene rings is 1. The molecule has 6 fully saturated rings. The van der Waals surface area contributed by atoms with Crippen LogP contribution in [-0.4, -0.2) is 80.5 Å². The van der Waals surface area contributed by atoms with Gasteiger partial charge in [0.1, 0.15) is 30.0 Å². The molecule has 210 valence electrons. The van der Waals surface area contributed by atoms with Crippen molar-refractivity contribution in [3.05, 3.63) is 48.0 Å². The zero-order valence-electron chi connectivity index (χ0n) is 22.3. The lowest BCUT2D eigenvalue weighted by Crippen LogP contribution is -2.76. The van der Waals surface area contributed by atoms with E-state index in [9.17, 15) is 24.9 Å². The second kappa shape index (κ2) is 7.55. The minimum atomic E-state index is -2.29. The molecule has 10 heteroatoms. The number of epoxide rings is 1. The first-order valence-corrected chi connectivity index (χ1v) is 13.6. The second-order valence-electron chi connectivity index (χ2n) is 12.4. The van der Waals surface area contributed by atoms with Crippen LogP contribution in [0.15, 0.2) is 42.5 Å². The average molecular weight is 543 g/mol. The Balaban J connectivity index is 1.55. The first-order valence-electron chi connectivity index (χ1n) is 13.6. The van der Waals surface area contributed by atoms with Gasteiger partial charge in [0.05, 0.1) is 12.2 Å². The fraction of sp³-hybridized carbons (Fsp3) is 0.655. The summed E-state index contributed by atoms with van der Waals surface area (Å²) in [6, 6.07) is 9.06. The van der Waals surface area contributed by atoms with E-state index in [-0.39, 0.29) is 6.42 Å². The Morgan fingerprint density at radius 1 is 1.13 bits per heavy atom. The van der Waals surface area contributed by atoms with Gasteiger partial charge in [-0.25, -0.2) is 0 Å². The smallest absolute Gasteiger partial charge is 0.314 e. The van der Waals surface area contributed by atoms with Crippen molar-refractivity contribution in [3.8, 4) is 0 Å². The van der Waals surface area contributed by atoms with Crippen molar-refractivity contribution in [3.63, 3.8) is 0 Å². The fourth-order valence-corrected chi connectivity index (χ4v) is 8.94. The summed E-state index contributed by atoms with van der Waals surface area (Å²) >= 11 is 0. The van der Waals surface area contributed by atoms with Gasteiger partial charge in [-0.15, -0.1) is 0 Å². The summed E-state index contributed by atoms with van der Waals surface area (Å²) in [7, 11) is 0. The van der Waals surface area contributed by atoms with E-state index in [0.29, 0.717) is 11.1 Å². The quantitative estimate of drug-likeness (QED) is 0.286. The number of carbonyl (C=O) groups excluding carboxylic acids is 2. The summed E-state index contributed by atoms with van der Waals surface area (Å²) < 4.78 is 32.7. The highest BCUT2D eigenvalue weighted by Crippen LogP contribution is 2.74. The van der Waals surface area contributed by atoms with Crippen molar-refractivity contribution in [2.24, 2.45) is 23.7 Å². The zero-order valence-corrected chi connectivity index (χ0v) is 22.3. The number of hydrogen-bond acceptors (Lipinski definition) is 10. The highest BCUT2D eigenvalue weighted by atomic mass is 16.9. The van der Waals surface area contributed by atoms with E-state index in [1.165, 1.54) is 6.92 Å². The Morgan fingerprint density at radius 2 is 1.82 bits per heavy atom. The lowest BCUT2D eigenvalue weighted by molar-refractivity contribution is -0.443. The van der Waals surface area contributed by atoms with Crippen molar-refractivity contribution >= 4 is 11.8 Å². The maximum absolute atomic E-state index is 13.7. The Kier molecular flexibility index (Phi) is 4.99. The molecule has 7 rings (SSSR count). The molecule has 3 saturated carbocycles. The van der Waals surface area contributed by atoms with Crippen LogP contribution < -0.4 is 0 Å². The third-order valence-electron chi connectivity index (χ3n) is 10.6. The lowest BCUT2D eigenvalue weighted by atomic mass is 9.52. The predicted octanol–water partition coefficient (Wildman–Crippen LogP) is 0.954.